The lowest BCUT2D eigenvalue weighted by molar-refractivity contribution is -0.141. The van der Waals surface area contributed by atoms with Crippen molar-refractivity contribution in [1.29, 1.82) is 0 Å². The number of likely N-dealkylation sites (tertiary alicyclic amines) is 1. The van der Waals surface area contributed by atoms with Crippen molar-refractivity contribution in [3.8, 4) is 0 Å². The molecule has 148 valence electrons. The standard InChI is InChI=1S/C19H20F3N5O/c1-12-4-7-23-18(25-12)26-8-5-13-6-9-27(15(13)11-26)17(28)14-2-3-16(24-10-14)19(20,21)22/h2-4,7,10,13,15H,5-6,8-9,11H2,1H3. The van der Waals surface area contributed by atoms with Crippen LogP contribution in [0.25, 0.3) is 0 Å². The minimum Gasteiger partial charge on any atom is -0.339 e. The van der Waals surface area contributed by atoms with E-state index >= 15 is 0 Å². The van der Waals surface area contributed by atoms with Gasteiger partial charge in [0.1, 0.15) is 5.69 Å². The summed E-state index contributed by atoms with van der Waals surface area (Å²) in [5.41, 5.74) is 0.0590. The second-order valence-corrected chi connectivity index (χ2v) is 7.28. The van der Waals surface area contributed by atoms with E-state index in [0.29, 0.717) is 25.0 Å². The molecule has 28 heavy (non-hydrogen) atoms. The van der Waals surface area contributed by atoms with Crippen LogP contribution in [-0.4, -0.2) is 51.4 Å². The Morgan fingerprint density at radius 1 is 1.14 bits per heavy atom. The van der Waals surface area contributed by atoms with Gasteiger partial charge in [-0.1, -0.05) is 0 Å². The molecule has 2 aromatic rings. The van der Waals surface area contributed by atoms with Crippen LogP contribution < -0.4 is 4.90 Å². The summed E-state index contributed by atoms with van der Waals surface area (Å²) in [6, 6.07) is 3.89. The predicted octanol–water partition coefficient (Wildman–Crippen LogP) is 2.94. The largest absolute Gasteiger partial charge is 0.433 e. The summed E-state index contributed by atoms with van der Waals surface area (Å²) in [7, 11) is 0. The number of halogens is 3. The minimum atomic E-state index is -4.52. The monoisotopic (exact) mass is 391 g/mol. The van der Waals surface area contributed by atoms with Crippen molar-refractivity contribution < 1.29 is 18.0 Å². The van der Waals surface area contributed by atoms with Crippen molar-refractivity contribution in [2.24, 2.45) is 5.92 Å². The van der Waals surface area contributed by atoms with Gasteiger partial charge in [-0.3, -0.25) is 9.78 Å². The van der Waals surface area contributed by atoms with Crippen molar-refractivity contribution in [3.05, 3.63) is 47.5 Å². The van der Waals surface area contributed by atoms with Gasteiger partial charge in [-0.05, 0) is 43.9 Å². The Hall–Kier alpha value is -2.71. The van der Waals surface area contributed by atoms with Crippen LogP contribution in [0.2, 0.25) is 0 Å². The van der Waals surface area contributed by atoms with Gasteiger partial charge >= 0.3 is 6.18 Å². The SMILES string of the molecule is Cc1ccnc(N2CCC3CCN(C(=O)c4ccc(C(F)(F)F)nc4)C3C2)n1. The second-order valence-electron chi connectivity index (χ2n) is 7.28. The number of aryl methyl sites for hydroxylation is 1. The molecule has 0 spiro atoms. The van der Waals surface area contributed by atoms with Gasteiger partial charge in [-0.2, -0.15) is 13.2 Å². The molecule has 0 radical (unpaired) electrons. The number of carbonyl (C=O) groups is 1. The molecule has 0 aromatic carbocycles. The third-order valence-electron chi connectivity index (χ3n) is 5.49. The first-order valence-electron chi connectivity index (χ1n) is 9.22. The number of pyridine rings is 1. The Morgan fingerprint density at radius 2 is 1.93 bits per heavy atom. The van der Waals surface area contributed by atoms with E-state index < -0.39 is 11.9 Å². The topological polar surface area (TPSA) is 62.2 Å². The average molecular weight is 391 g/mol. The number of piperidine rings is 1. The van der Waals surface area contributed by atoms with Crippen LogP contribution in [0.1, 0.15) is 34.6 Å². The van der Waals surface area contributed by atoms with Crippen molar-refractivity contribution in [2.45, 2.75) is 32.0 Å². The quantitative estimate of drug-likeness (QED) is 0.788. The predicted molar refractivity (Wildman–Crippen MR) is 95.8 cm³/mol. The maximum absolute atomic E-state index is 12.9. The molecule has 6 nitrogen and oxygen atoms in total. The van der Waals surface area contributed by atoms with E-state index in [1.165, 1.54) is 6.07 Å². The third-order valence-corrected chi connectivity index (χ3v) is 5.49. The zero-order valence-corrected chi connectivity index (χ0v) is 15.4. The van der Waals surface area contributed by atoms with E-state index in [-0.39, 0.29) is 17.5 Å². The summed E-state index contributed by atoms with van der Waals surface area (Å²) in [5, 5.41) is 0. The number of hydrogen-bond acceptors (Lipinski definition) is 5. The van der Waals surface area contributed by atoms with Crippen LogP contribution in [0.5, 0.6) is 0 Å². The van der Waals surface area contributed by atoms with Gasteiger partial charge in [0.2, 0.25) is 5.95 Å². The molecule has 0 N–H and O–H groups in total. The molecule has 2 atom stereocenters. The van der Waals surface area contributed by atoms with Crippen LogP contribution in [-0.2, 0) is 6.18 Å². The molecule has 1 amide bonds. The Labute approximate surface area is 160 Å². The van der Waals surface area contributed by atoms with Crippen LogP contribution in [0.4, 0.5) is 19.1 Å². The number of fused-ring (bicyclic) bond motifs is 1. The van der Waals surface area contributed by atoms with Crippen LogP contribution in [0.15, 0.2) is 30.6 Å². The highest BCUT2D eigenvalue weighted by Gasteiger charge is 2.41. The molecule has 2 fully saturated rings. The van der Waals surface area contributed by atoms with E-state index in [9.17, 15) is 18.0 Å². The number of carbonyl (C=O) groups excluding carboxylic acids is 1. The summed E-state index contributed by atoms with van der Waals surface area (Å²) in [4.78, 5) is 29.0. The van der Waals surface area contributed by atoms with Gasteiger partial charge < -0.3 is 9.80 Å². The van der Waals surface area contributed by atoms with E-state index in [0.717, 1.165) is 37.3 Å². The molecule has 2 aliphatic rings. The zero-order chi connectivity index (χ0) is 19.9. The van der Waals surface area contributed by atoms with E-state index in [1.807, 2.05) is 13.0 Å². The summed E-state index contributed by atoms with van der Waals surface area (Å²) >= 11 is 0. The highest BCUT2D eigenvalue weighted by molar-refractivity contribution is 5.94. The number of rotatable bonds is 2. The number of hydrogen-bond donors (Lipinski definition) is 0. The van der Waals surface area contributed by atoms with Gasteiger partial charge in [0.25, 0.3) is 5.91 Å². The lowest BCUT2D eigenvalue weighted by Crippen LogP contribution is -2.50. The van der Waals surface area contributed by atoms with Crippen molar-refractivity contribution in [3.63, 3.8) is 0 Å². The molecule has 4 rings (SSSR count). The molecule has 9 heteroatoms. The first kappa shape index (κ1) is 18.6. The third kappa shape index (κ3) is 3.53. The summed E-state index contributed by atoms with van der Waals surface area (Å²) in [6.07, 6.45) is 0.0416. The van der Waals surface area contributed by atoms with E-state index in [4.69, 9.17) is 0 Å². The average Bonchev–Trinajstić information content (AvgIpc) is 3.10. The van der Waals surface area contributed by atoms with Gasteiger partial charge in [0.05, 0.1) is 11.6 Å². The summed E-state index contributed by atoms with van der Waals surface area (Å²) in [6.45, 7) is 3.95. The Morgan fingerprint density at radius 3 is 2.61 bits per heavy atom. The second kappa shape index (κ2) is 7.03. The van der Waals surface area contributed by atoms with Gasteiger partial charge in [0.15, 0.2) is 0 Å². The summed E-state index contributed by atoms with van der Waals surface area (Å²) in [5.74, 6) is 0.752. The normalized spacial score (nSPS) is 22.3. The highest BCUT2D eigenvalue weighted by Crippen LogP contribution is 2.34. The fourth-order valence-corrected chi connectivity index (χ4v) is 4.02. The first-order valence-corrected chi connectivity index (χ1v) is 9.22. The van der Waals surface area contributed by atoms with Crippen LogP contribution in [0.3, 0.4) is 0 Å². The van der Waals surface area contributed by atoms with Gasteiger partial charge in [-0.15, -0.1) is 0 Å². The van der Waals surface area contributed by atoms with E-state index in [2.05, 4.69) is 19.9 Å². The molecule has 0 saturated carbocycles. The Bertz CT molecular complexity index is 871. The minimum absolute atomic E-state index is 0.00680. The van der Waals surface area contributed by atoms with Gasteiger partial charge in [-0.25, -0.2) is 9.97 Å². The van der Waals surface area contributed by atoms with Crippen LogP contribution >= 0.6 is 0 Å². The maximum Gasteiger partial charge on any atom is 0.433 e. The molecule has 0 aliphatic carbocycles. The van der Waals surface area contributed by atoms with E-state index in [1.54, 1.807) is 11.1 Å². The fourth-order valence-electron chi connectivity index (χ4n) is 4.02. The smallest absolute Gasteiger partial charge is 0.339 e. The molecular weight excluding hydrogens is 371 g/mol. The lowest BCUT2D eigenvalue weighted by atomic mass is 9.92. The number of amides is 1. The van der Waals surface area contributed by atoms with Crippen molar-refractivity contribution >= 4 is 11.9 Å². The first-order chi connectivity index (χ1) is 13.3. The molecule has 2 unspecified atom stereocenters. The molecule has 2 aromatic heterocycles. The number of anilines is 1. The number of nitrogens with zero attached hydrogens (tertiary/aromatic N) is 5. The van der Waals surface area contributed by atoms with Crippen molar-refractivity contribution in [2.75, 3.05) is 24.5 Å². The molecular formula is C19H20F3N5O. The fraction of sp³-hybridized carbons (Fsp3) is 0.474. The van der Waals surface area contributed by atoms with Crippen molar-refractivity contribution in [1.82, 2.24) is 19.9 Å². The maximum atomic E-state index is 12.9. The number of aromatic nitrogens is 3. The molecule has 2 aliphatic heterocycles. The molecule has 0 bridgehead atoms. The Balaban J connectivity index is 1.51. The molecule has 2 saturated heterocycles. The number of alkyl halides is 3. The lowest BCUT2D eigenvalue weighted by Gasteiger charge is -2.38. The Kier molecular flexibility index (Phi) is 4.68. The van der Waals surface area contributed by atoms with Gasteiger partial charge in [0, 0.05) is 37.7 Å². The highest BCUT2D eigenvalue weighted by atomic mass is 19.4. The zero-order valence-electron chi connectivity index (χ0n) is 15.4. The molecule has 4 heterocycles. The van der Waals surface area contributed by atoms with Crippen LogP contribution in [0, 0.1) is 12.8 Å². The summed E-state index contributed by atoms with van der Waals surface area (Å²) < 4.78 is 38.1.